The minimum absolute atomic E-state index is 0.214. The maximum absolute atomic E-state index is 13.2. The Morgan fingerprint density at radius 3 is 2.24 bits per heavy atom. The Balaban J connectivity index is 1.93. The third-order valence-corrected chi connectivity index (χ3v) is 7.17. The van der Waals surface area contributed by atoms with E-state index in [0.29, 0.717) is 59.1 Å². The summed E-state index contributed by atoms with van der Waals surface area (Å²) in [6, 6.07) is 5.67. The van der Waals surface area contributed by atoms with E-state index in [9.17, 15) is 10.1 Å². The molecule has 1 aliphatic carbocycles. The molecule has 1 heterocycles. The van der Waals surface area contributed by atoms with Gasteiger partial charge < -0.3 is 19.5 Å². The lowest BCUT2D eigenvalue weighted by atomic mass is 9.72. The van der Waals surface area contributed by atoms with Crippen molar-refractivity contribution in [2.75, 3.05) is 25.1 Å². The fourth-order valence-corrected chi connectivity index (χ4v) is 5.50. The second kappa shape index (κ2) is 10.5. The number of carbonyl (C=O) groups is 1. The molecule has 1 amide bonds. The van der Waals surface area contributed by atoms with E-state index in [1.807, 2.05) is 20.8 Å². The summed E-state index contributed by atoms with van der Waals surface area (Å²) < 4.78 is 17.2. The molecule has 1 aliphatic rings. The molecule has 3 rings (SSSR count). The van der Waals surface area contributed by atoms with Crippen molar-refractivity contribution in [3.8, 4) is 23.3 Å². The van der Waals surface area contributed by atoms with E-state index in [0.717, 1.165) is 24.8 Å². The molecular formula is C26H34N2O4S. The highest BCUT2D eigenvalue weighted by atomic mass is 32.1. The second-order valence-electron chi connectivity index (χ2n) is 9.18. The van der Waals surface area contributed by atoms with Crippen molar-refractivity contribution in [1.29, 1.82) is 5.26 Å². The quantitative estimate of drug-likeness (QED) is 0.495. The fourth-order valence-electron chi connectivity index (χ4n) is 4.23. The van der Waals surface area contributed by atoms with E-state index in [2.05, 4.69) is 32.2 Å². The summed E-state index contributed by atoms with van der Waals surface area (Å²) in [7, 11) is 0. The summed E-state index contributed by atoms with van der Waals surface area (Å²) >= 11 is 1.53. The molecule has 1 aromatic heterocycles. The molecule has 0 saturated carbocycles. The number of benzene rings is 1. The van der Waals surface area contributed by atoms with E-state index in [-0.39, 0.29) is 11.3 Å². The average molecular weight is 471 g/mol. The first kappa shape index (κ1) is 24.9. The molecule has 1 aromatic carbocycles. The molecule has 178 valence electrons. The molecule has 7 heteroatoms. The van der Waals surface area contributed by atoms with Crippen molar-refractivity contribution < 1.29 is 19.0 Å². The van der Waals surface area contributed by atoms with Crippen LogP contribution in [0.2, 0.25) is 0 Å². The Morgan fingerprint density at radius 2 is 1.73 bits per heavy atom. The zero-order valence-corrected chi connectivity index (χ0v) is 21.3. The minimum Gasteiger partial charge on any atom is -0.490 e. The monoisotopic (exact) mass is 470 g/mol. The van der Waals surface area contributed by atoms with Crippen molar-refractivity contribution >= 4 is 22.2 Å². The lowest BCUT2D eigenvalue weighted by Gasteiger charge is -2.33. The topological polar surface area (TPSA) is 80.6 Å². The molecular weight excluding hydrogens is 436 g/mol. The number of amides is 1. The van der Waals surface area contributed by atoms with Gasteiger partial charge in [-0.15, -0.1) is 11.3 Å². The molecule has 0 radical (unpaired) electrons. The largest absolute Gasteiger partial charge is 0.490 e. The lowest BCUT2D eigenvalue weighted by molar-refractivity contribution is 0.102. The number of thiophene rings is 1. The predicted molar refractivity (Wildman–Crippen MR) is 132 cm³/mol. The summed E-state index contributed by atoms with van der Waals surface area (Å²) in [4.78, 5) is 14.4. The van der Waals surface area contributed by atoms with Crippen LogP contribution >= 0.6 is 11.3 Å². The summed E-state index contributed by atoms with van der Waals surface area (Å²) in [5.41, 5.74) is 2.30. The van der Waals surface area contributed by atoms with Gasteiger partial charge in [-0.25, -0.2) is 0 Å². The van der Waals surface area contributed by atoms with Crippen molar-refractivity contribution in [2.45, 2.75) is 60.8 Å². The SMILES string of the molecule is CCOc1cc(C(=O)Nc2sc3c(c2C#N)CCC(C(C)(C)C)C3)cc(OCC)c1OCC. The molecule has 0 aliphatic heterocycles. The average Bonchev–Trinajstić information content (AvgIpc) is 3.11. The van der Waals surface area contributed by atoms with Crippen LogP contribution in [0.3, 0.4) is 0 Å². The van der Waals surface area contributed by atoms with E-state index >= 15 is 0 Å². The van der Waals surface area contributed by atoms with Gasteiger partial charge in [0.1, 0.15) is 11.1 Å². The number of nitrogens with one attached hydrogen (secondary N) is 1. The number of carbonyl (C=O) groups excluding carboxylic acids is 1. The molecule has 0 fully saturated rings. The highest BCUT2D eigenvalue weighted by molar-refractivity contribution is 7.16. The molecule has 33 heavy (non-hydrogen) atoms. The van der Waals surface area contributed by atoms with Crippen LogP contribution in [0.5, 0.6) is 17.2 Å². The van der Waals surface area contributed by atoms with Crippen molar-refractivity contribution in [2.24, 2.45) is 11.3 Å². The van der Waals surface area contributed by atoms with Gasteiger partial charge in [0.25, 0.3) is 5.91 Å². The Bertz CT molecular complexity index is 1020. The van der Waals surface area contributed by atoms with Crippen LogP contribution in [0, 0.1) is 22.7 Å². The number of rotatable bonds is 8. The Hall–Kier alpha value is -2.72. The number of ether oxygens (including phenoxy) is 3. The highest BCUT2D eigenvalue weighted by Gasteiger charge is 2.32. The lowest BCUT2D eigenvalue weighted by Crippen LogP contribution is -2.26. The molecule has 2 aromatic rings. The maximum Gasteiger partial charge on any atom is 0.256 e. The van der Waals surface area contributed by atoms with Crippen LogP contribution in [-0.2, 0) is 12.8 Å². The molecule has 1 N–H and O–H groups in total. The van der Waals surface area contributed by atoms with Crippen LogP contribution in [-0.4, -0.2) is 25.7 Å². The number of anilines is 1. The van der Waals surface area contributed by atoms with E-state index in [1.54, 1.807) is 12.1 Å². The number of nitriles is 1. The van der Waals surface area contributed by atoms with Gasteiger partial charge >= 0.3 is 0 Å². The van der Waals surface area contributed by atoms with E-state index in [1.165, 1.54) is 16.2 Å². The first-order valence-electron chi connectivity index (χ1n) is 11.7. The van der Waals surface area contributed by atoms with E-state index in [4.69, 9.17) is 14.2 Å². The zero-order chi connectivity index (χ0) is 24.2. The van der Waals surface area contributed by atoms with Crippen LogP contribution in [0.4, 0.5) is 5.00 Å². The van der Waals surface area contributed by atoms with Gasteiger partial charge in [-0.2, -0.15) is 5.26 Å². The van der Waals surface area contributed by atoms with Crippen LogP contribution < -0.4 is 19.5 Å². The summed E-state index contributed by atoms with van der Waals surface area (Å²) in [5, 5.41) is 13.4. The molecule has 0 saturated heterocycles. The van der Waals surface area contributed by atoms with Crippen molar-refractivity contribution in [3.05, 3.63) is 33.7 Å². The van der Waals surface area contributed by atoms with Gasteiger partial charge in [-0.3, -0.25) is 4.79 Å². The van der Waals surface area contributed by atoms with Gasteiger partial charge in [0.05, 0.1) is 25.4 Å². The molecule has 0 bridgehead atoms. The first-order valence-corrected chi connectivity index (χ1v) is 12.5. The van der Waals surface area contributed by atoms with Gasteiger partial charge in [0, 0.05) is 10.4 Å². The molecule has 1 atom stereocenters. The highest BCUT2D eigenvalue weighted by Crippen LogP contribution is 2.44. The Morgan fingerprint density at radius 1 is 1.12 bits per heavy atom. The van der Waals surface area contributed by atoms with Crippen molar-refractivity contribution in [1.82, 2.24) is 0 Å². The molecule has 1 unspecified atom stereocenters. The third-order valence-electron chi connectivity index (χ3n) is 6.00. The summed E-state index contributed by atoms with van der Waals surface area (Å²) in [5.74, 6) is 1.69. The Labute approximate surface area is 200 Å². The normalized spacial score (nSPS) is 15.4. The third kappa shape index (κ3) is 5.44. The number of fused-ring (bicyclic) bond motifs is 1. The minimum atomic E-state index is -0.303. The fraction of sp³-hybridized carbons (Fsp3) is 0.538. The number of hydrogen-bond donors (Lipinski definition) is 1. The first-order chi connectivity index (χ1) is 15.7. The van der Waals surface area contributed by atoms with Gasteiger partial charge in [0.2, 0.25) is 5.75 Å². The maximum atomic E-state index is 13.2. The van der Waals surface area contributed by atoms with Crippen LogP contribution in [0.25, 0.3) is 0 Å². The zero-order valence-electron chi connectivity index (χ0n) is 20.5. The van der Waals surface area contributed by atoms with Crippen LogP contribution in [0.1, 0.15) is 74.3 Å². The smallest absolute Gasteiger partial charge is 0.256 e. The molecule has 6 nitrogen and oxygen atoms in total. The van der Waals surface area contributed by atoms with E-state index < -0.39 is 0 Å². The number of hydrogen-bond acceptors (Lipinski definition) is 6. The predicted octanol–water partition coefficient (Wildman–Crippen LogP) is 6.22. The second-order valence-corrected chi connectivity index (χ2v) is 10.3. The molecule has 0 spiro atoms. The van der Waals surface area contributed by atoms with Crippen molar-refractivity contribution in [3.63, 3.8) is 0 Å². The Kier molecular flexibility index (Phi) is 7.91. The summed E-state index contributed by atoms with van der Waals surface area (Å²) in [6.07, 6.45) is 2.88. The standard InChI is InChI=1S/C26H34N2O4S/c1-7-30-20-12-16(13-21(31-8-2)23(20)32-9-3)24(29)28-25-19(15-27)18-11-10-17(26(4,5)6)14-22(18)33-25/h12-13,17H,7-11,14H2,1-6H3,(H,28,29). The van der Waals surface area contributed by atoms with Gasteiger partial charge in [-0.05, 0) is 69.1 Å². The van der Waals surface area contributed by atoms with Gasteiger partial charge in [-0.1, -0.05) is 20.8 Å². The van der Waals surface area contributed by atoms with Crippen LogP contribution in [0.15, 0.2) is 12.1 Å². The summed E-state index contributed by atoms with van der Waals surface area (Å²) in [6.45, 7) is 13.8. The van der Waals surface area contributed by atoms with Gasteiger partial charge in [0.15, 0.2) is 11.5 Å². The number of nitrogens with zero attached hydrogens (tertiary/aromatic N) is 1.